The molecule has 0 radical (unpaired) electrons. The number of carbonyl (C=O) groups excluding carboxylic acids is 1. The maximum absolute atomic E-state index is 12.8. The fourth-order valence-electron chi connectivity index (χ4n) is 3.32. The van der Waals surface area contributed by atoms with E-state index in [1.54, 1.807) is 24.3 Å². The average molecular weight is 348 g/mol. The monoisotopic (exact) mass is 348 g/mol. The van der Waals surface area contributed by atoms with Crippen LogP contribution in [0, 0.1) is 0 Å². The highest BCUT2D eigenvalue weighted by molar-refractivity contribution is 5.95. The van der Waals surface area contributed by atoms with Crippen molar-refractivity contribution in [2.24, 2.45) is 0 Å². The van der Waals surface area contributed by atoms with Crippen molar-refractivity contribution in [1.29, 1.82) is 0 Å². The Bertz CT molecular complexity index is 890. The Hall–Kier alpha value is -3.15. The highest BCUT2D eigenvalue weighted by Gasteiger charge is 2.28. The molecule has 0 saturated carbocycles. The number of amides is 1. The molecule has 1 aliphatic rings. The van der Waals surface area contributed by atoms with E-state index < -0.39 is 0 Å². The predicted octanol–water partition coefficient (Wildman–Crippen LogP) is 3.04. The van der Waals surface area contributed by atoms with Crippen molar-refractivity contribution in [3.05, 3.63) is 66.5 Å². The molecule has 0 bridgehead atoms. The molecule has 0 aliphatic carbocycles. The van der Waals surface area contributed by atoms with Crippen LogP contribution in [0.15, 0.2) is 60.9 Å². The first-order valence-corrected chi connectivity index (χ1v) is 8.64. The minimum Gasteiger partial charge on any atom is -0.497 e. The highest BCUT2D eigenvalue weighted by Crippen LogP contribution is 2.26. The van der Waals surface area contributed by atoms with Gasteiger partial charge in [-0.2, -0.15) is 15.0 Å². The predicted molar refractivity (Wildman–Crippen MR) is 98.0 cm³/mol. The van der Waals surface area contributed by atoms with Crippen molar-refractivity contribution < 1.29 is 9.53 Å². The maximum atomic E-state index is 12.8. The summed E-state index contributed by atoms with van der Waals surface area (Å²) in [7, 11) is 1.66. The second-order valence-corrected chi connectivity index (χ2v) is 6.35. The van der Waals surface area contributed by atoms with Crippen molar-refractivity contribution in [3.8, 4) is 16.9 Å². The van der Waals surface area contributed by atoms with Crippen LogP contribution in [0.1, 0.15) is 22.8 Å². The van der Waals surface area contributed by atoms with Crippen LogP contribution in [-0.2, 0) is 0 Å². The summed E-state index contributed by atoms with van der Waals surface area (Å²) < 4.78 is 5.27. The van der Waals surface area contributed by atoms with E-state index in [4.69, 9.17) is 4.74 Å². The third-order valence-corrected chi connectivity index (χ3v) is 4.75. The quantitative estimate of drug-likeness (QED) is 0.727. The number of hydrogen-bond donors (Lipinski definition) is 0. The normalized spacial score (nSPS) is 16.7. The smallest absolute Gasteiger partial charge is 0.253 e. The van der Waals surface area contributed by atoms with Gasteiger partial charge in [-0.05, 0) is 41.8 Å². The van der Waals surface area contributed by atoms with Crippen molar-refractivity contribution in [3.63, 3.8) is 0 Å². The van der Waals surface area contributed by atoms with Crippen LogP contribution in [0.2, 0.25) is 0 Å². The lowest BCUT2D eigenvalue weighted by Crippen LogP contribution is -2.29. The van der Waals surface area contributed by atoms with E-state index in [0.29, 0.717) is 12.1 Å². The van der Waals surface area contributed by atoms with Gasteiger partial charge in [-0.25, -0.2) is 0 Å². The number of methoxy groups -OCH3 is 1. The topological polar surface area (TPSA) is 60.2 Å². The minimum absolute atomic E-state index is 0.0526. The van der Waals surface area contributed by atoms with Gasteiger partial charge in [0.1, 0.15) is 5.75 Å². The summed E-state index contributed by atoms with van der Waals surface area (Å²) in [4.78, 5) is 16.3. The van der Waals surface area contributed by atoms with Crippen molar-refractivity contribution in [2.75, 3.05) is 20.2 Å². The standard InChI is InChI=1S/C20H20N4O2/c1-26-19-4-2-3-17(13-19)15-5-7-16(8-6-15)20(25)23-12-9-18(14-23)24-21-10-11-22-24/h2-8,10-11,13,18H,9,12,14H2,1H3/t18-/m0/s1. The van der Waals surface area contributed by atoms with Crippen LogP contribution in [0.25, 0.3) is 11.1 Å². The zero-order valence-electron chi connectivity index (χ0n) is 14.6. The summed E-state index contributed by atoms with van der Waals surface area (Å²) in [5.41, 5.74) is 2.82. The molecule has 1 fully saturated rings. The summed E-state index contributed by atoms with van der Waals surface area (Å²) in [5, 5.41) is 8.36. The summed E-state index contributed by atoms with van der Waals surface area (Å²) >= 11 is 0. The number of nitrogens with zero attached hydrogens (tertiary/aromatic N) is 4. The van der Waals surface area contributed by atoms with E-state index in [-0.39, 0.29) is 11.9 Å². The largest absolute Gasteiger partial charge is 0.497 e. The van der Waals surface area contributed by atoms with Gasteiger partial charge in [0.25, 0.3) is 5.91 Å². The first-order chi connectivity index (χ1) is 12.7. The van der Waals surface area contributed by atoms with Gasteiger partial charge >= 0.3 is 0 Å². The molecule has 0 unspecified atom stereocenters. The third kappa shape index (κ3) is 3.18. The van der Waals surface area contributed by atoms with Crippen LogP contribution in [0.3, 0.4) is 0 Å². The number of aromatic nitrogens is 3. The van der Waals surface area contributed by atoms with Gasteiger partial charge in [0.05, 0.1) is 25.5 Å². The molecule has 1 aromatic heterocycles. The molecular formula is C20H20N4O2. The van der Waals surface area contributed by atoms with Crippen LogP contribution in [0.5, 0.6) is 5.75 Å². The molecule has 6 nitrogen and oxygen atoms in total. The number of ether oxygens (including phenoxy) is 1. The van der Waals surface area contributed by atoms with Crippen molar-refractivity contribution in [2.45, 2.75) is 12.5 Å². The molecule has 0 N–H and O–H groups in total. The van der Waals surface area contributed by atoms with E-state index in [0.717, 1.165) is 29.8 Å². The zero-order valence-corrected chi connectivity index (χ0v) is 14.6. The molecular weight excluding hydrogens is 328 g/mol. The summed E-state index contributed by atoms with van der Waals surface area (Å²) in [5.74, 6) is 0.870. The molecule has 26 heavy (non-hydrogen) atoms. The molecule has 1 aliphatic heterocycles. The number of rotatable bonds is 4. The fraction of sp³-hybridized carbons (Fsp3) is 0.250. The van der Waals surface area contributed by atoms with E-state index >= 15 is 0 Å². The van der Waals surface area contributed by atoms with Gasteiger partial charge in [0, 0.05) is 18.7 Å². The van der Waals surface area contributed by atoms with Crippen LogP contribution in [0.4, 0.5) is 0 Å². The lowest BCUT2D eigenvalue weighted by Gasteiger charge is -2.16. The molecule has 1 amide bonds. The molecule has 3 aromatic rings. The highest BCUT2D eigenvalue weighted by atomic mass is 16.5. The van der Waals surface area contributed by atoms with Crippen LogP contribution < -0.4 is 4.74 Å². The Kier molecular flexibility index (Phi) is 4.39. The Labute approximate surface area is 152 Å². The Balaban J connectivity index is 1.47. The average Bonchev–Trinajstić information content (AvgIpc) is 3.39. The third-order valence-electron chi connectivity index (χ3n) is 4.75. The van der Waals surface area contributed by atoms with Gasteiger partial charge in [-0.1, -0.05) is 24.3 Å². The van der Waals surface area contributed by atoms with E-state index in [1.165, 1.54) is 0 Å². The molecule has 4 rings (SSSR count). The van der Waals surface area contributed by atoms with Crippen LogP contribution in [-0.4, -0.2) is 46.0 Å². The van der Waals surface area contributed by atoms with E-state index in [2.05, 4.69) is 10.2 Å². The number of carbonyl (C=O) groups is 1. The number of benzene rings is 2. The minimum atomic E-state index is 0.0526. The Morgan fingerprint density at radius 2 is 1.85 bits per heavy atom. The van der Waals surface area contributed by atoms with Gasteiger partial charge in [0.2, 0.25) is 0 Å². The molecule has 1 atom stereocenters. The van der Waals surface area contributed by atoms with Gasteiger partial charge in [-0.3, -0.25) is 4.79 Å². The maximum Gasteiger partial charge on any atom is 0.253 e. The molecule has 2 heterocycles. The first kappa shape index (κ1) is 16.3. The zero-order chi connectivity index (χ0) is 17.9. The summed E-state index contributed by atoms with van der Waals surface area (Å²) in [6.07, 6.45) is 4.21. The lowest BCUT2D eigenvalue weighted by molar-refractivity contribution is 0.0786. The Morgan fingerprint density at radius 3 is 2.58 bits per heavy atom. The lowest BCUT2D eigenvalue weighted by atomic mass is 10.0. The molecule has 6 heteroatoms. The fourth-order valence-corrected chi connectivity index (χ4v) is 3.32. The van der Waals surface area contributed by atoms with E-state index in [1.807, 2.05) is 53.4 Å². The van der Waals surface area contributed by atoms with Gasteiger partial charge in [0.15, 0.2) is 0 Å². The molecule has 0 spiro atoms. The Morgan fingerprint density at radius 1 is 1.08 bits per heavy atom. The van der Waals surface area contributed by atoms with Crippen molar-refractivity contribution in [1.82, 2.24) is 19.9 Å². The second kappa shape index (κ2) is 7.00. The molecule has 2 aromatic carbocycles. The molecule has 1 saturated heterocycles. The second-order valence-electron chi connectivity index (χ2n) is 6.35. The SMILES string of the molecule is COc1cccc(-c2ccc(C(=O)N3CC[C@H](n4nccn4)C3)cc2)c1. The van der Waals surface area contributed by atoms with Gasteiger partial charge < -0.3 is 9.64 Å². The van der Waals surface area contributed by atoms with E-state index in [9.17, 15) is 4.79 Å². The summed E-state index contributed by atoms with van der Waals surface area (Å²) in [6, 6.07) is 15.8. The first-order valence-electron chi connectivity index (χ1n) is 8.64. The van der Waals surface area contributed by atoms with Crippen LogP contribution >= 0.6 is 0 Å². The molecule has 132 valence electrons. The summed E-state index contributed by atoms with van der Waals surface area (Å²) in [6.45, 7) is 1.37. The van der Waals surface area contributed by atoms with Crippen molar-refractivity contribution >= 4 is 5.91 Å². The number of hydrogen-bond acceptors (Lipinski definition) is 4. The van der Waals surface area contributed by atoms with Gasteiger partial charge in [-0.15, -0.1) is 0 Å². The number of likely N-dealkylation sites (tertiary alicyclic amines) is 1.